The lowest BCUT2D eigenvalue weighted by molar-refractivity contribution is -0.126. The van der Waals surface area contributed by atoms with E-state index in [0.717, 1.165) is 12.0 Å². The van der Waals surface area contributed by atoms with Crippen LogP contribution in [0.1, 0.15) is 26.7 Å². The molecule has 0 aromatic rings. The second-order valence-corrected chi connectivity index (χ2v) is 3.36. The average Bonchev–Trinajstić information content (AvgIpc) is 2.28. The van der Waals surface area contributed by atoms with E-state index in [9.17, 15) is 9.59 Å². The lowest BCUT2D eigenvalue weighted by Crippen LogP contribution is -2.37. The van der Waals surface area contributed by atoms with Crippen LogP contribution in [-0.2, 0) is 9.59 Å². The molecule has 4 nitrogen and oxygen atoms in total. The van der Waals surface area contributed by atoms with Crippen molar-refractivity contribution in [3.05, 3.63) is 23.8 Å². The zero-order valence-electron chi connectivity index (χ0n) is 9.77. The maximum Gasteiger partial charge on any atom is 0.246 e. The molecular weight excluding hydrogens is 206 g/mol. The first-order valence-electron chi connectivity index (χ1n) is 5.35. The van der Waals surface area contributed by atoms with Gasteiger partial charge in [0.2, 0.25) is 5.91 Å². The Kier molecular flexibility index (Phi) is 8.07. The van der Waals surface area contributed by atoms with Gasteiger partial charge >= 0.3 is 0 Å². The van der Waals surface area contributed by atoms with E-state index in [1.165, 1.54) is 0 Å². The maximum atomic E-state index is 10.9. The topological polar surface area (TPSA) is 66.4 Å². The van der Waals surface area contributed by atoms with Gasteiger partial charge in [-0.2, -0.15) is 0 Å². The van der Waals surface area contributed by atoms with Gasteiger partial charge in [0.1, 0.15) is 12.9 Å². The fraction of sp³-hybridized carbons (Fsp3) is 0.500. The molecule has 0 rings (SSSR count). The monoisotopic (exact) mass is 225 g/mol. The van der Waals surface area contributed by atoms with E-state index in [1.54, 1.807) is 0 Å². The molecule has 0 fully saturated rings. The molecule has 0 spiro atoms. The van der Waals surface area contributed by atoms with Gasteiger partial charge in [-0.15, -0.1) is 0 Å². The van der Waals surface area contributed by atoms with Crippen molar-refractivity contribution >= 4 is 12.2 Å². The van der Waals surface area contributed by atoms with E-state index in [-0.39, 0.29) is 0 Å². The molecule has 0 radical (unpaired) electrons. The number of aldehydes is 1. The second kappa shape index (κ2) is 8.85. The second-order valence-electron chi connectivity index (χ2n) is 3.36. The molecule has 0 aliphatic carbocycles. The Bertz CT molecular complexity index is 282. The number of aliphatic hydroxyl groups excluding tert-OH is 1. The number of hydrogen-bond acceptors (Lipinski definition) is 3. The van der Waals surface area contributed by atoms with Crippen LogP contribution in [-0.4, -0.2) is 29.9 Å². The van der Waals surface area contributed by atoms with Crippen molar-refractivity contribution in [1.82, 2.24) is 5.32 Å². The third-order valence-electron chi connectivity index (χ3n) is 1.96. The van der Waals surface area contributed by atoms with Gasteiger partial charge in [-0.3, -0.25) is 4.79 Å². The van der Waals surface area contributed by atoms with Crippen molar-refractivity contribution in [3.8, 4) is 0 Å². The predicted molar refractivity (Wildman–Crippen MR) is 62.9 cm³/mol. The number of amides is 1. The van der Waals surface area contributed by atoms with E-state index < -0.39 is 18.6 Å². The third kappa shape index (κ3) is 6.14. The summed E-state index contributed by atoms with van der Waals surface area (Å²) in [6.07, 6.45) is 7.80. The first-order chi connectivity index (χ1) is 7.67. The molecule has 0 heterocycles. The van der Waals surface area contributed by atoms with Crippen LogP contribution in [0.25, 0.3) is 0 Å². The van der Waals surface area contributed by atoms with E-state index in [2.05, 4.69) is 5.32 Å². The minimum absolute atomic E-state index is 0.452. The molecule has 1 unspecified atom stereocenters. The summed E-state index contributed by atoms with van der Waals surface area (Å²) in [6.45, 7) is 3.30. The molecular formula is C12H19NO3. The third-order valence-corrected chi connectivity index (χ3v) is 1.96. The minimum Gasteiger partial charge on any atom is -0.387 e. The Balaban J connectivity index is 4.43. The Morgan fingerprint density at radius 1 is 1.50 bits per heavy atom. The van der Waals surface area contributed by atoms with Crippen molar-refractivity contribution in [2.45, 2.75) is 32.7 Å². The highest BCUT2D eigenvalue weighted by Crippen LogP contribution is 2.07. The lowest BCUT2D eigenvalue weighted by atomic mass is 10.1. The Morgan fingerprint density at radius 2 is 2.19 bits per heavy atom. The molecule has 0 aromatic carbocycles. The smallest absolute Gasteiger partial charge is 0.246 e. The summed E-state index contributed by atoms with van der Waals surface area (Å²) in [6, 6.07) is -0.575. The first kappa shape index (κ1) is 14.6. The predicted octanol–water partition coefficient (Wildman–Crippen LogP) is 0.965. The van der Waals surface area contributed by atoms with E-state index >= 15 is 0 Å². The molecule has 90 valence electrons. The largest absolute Gasteiger partial charge is 0.387 e. The Hall–Kier alpha value is -1.42. The summed E-state index contributed by atoms with van der Waals surface area (Å²) in [5.41, 5.74) is 1.00. The first-order valence-corrected chi connectivity index (χ1v) is 5.35. The van der Waals surface area contributed by atoms with Gasteiger partial charge < -0.3 is 15.2 Å². The van der Waals surface area contributed by atoms with Gasteiger partial charge in [0, 0.05) is 0 Å². The molecule has 16 heavy (non-hydrogen) atoms. The number of carbonyl (C=O) groups is 2. The van der Waals surface area contributed by atoms with Gasteiger partial charge in [0.05, 0.1) is 6.04 Å². The summed E-state index contributed by atoms with van der Waals surface area (Å²) in [4.78, 5) is 21.7. The van der Waals surface area contributed by atoms with Crippen molar-refractivity contribution in [1.29, 1.82) is 0 Å². The fourth-order valence-electron chi connectivity index (χ4n) is 1.34. The van der Waals surface area contributed by atoms with Crippen LogP contribution in [0.15, 0.2) is 23.8 Å². The summed E-state index contributed by atoms with van der Waals surface area (Å²) in [5, 5.41) is 11.0. The van der Waals surface area contributed by atoms with E-state index in [0.29, 0.717) is 12.7 Å². The van der Waals surface area contributed by atoms with Crippen molar-refractivity contribution < 1.29 is 14.7 Å². The number of carbonyl (C=O) groups excluding carboxylic acids is 2. The van der Waals surface area contributed by atoms with Crippen molar-refractivity contribution in [2.24, 2.45) is 0 Å². The highest BCUT2D eigenvalue weighted by molar-refractivity contribution is 5.80. The zero-order valence-corrected chi connectivity index (χ0v) is 9.77. The molecule has 1 amide bonds. The molecule has 0 aliphatic heterocycles. The highest BCUT2D eigenvalue weighted by Gasteiger charge is 2.11. The van der Waals surface area contributed by atoms with Crippen molar-refractivity contribution in [2.75, 3.05) is 6.61 Å². The standard InChI is InChI=1S/C12H19NO3/c1-3-5-10(6-4-2)7-11(8-14)13-12(16)9-15/h3,5-6,8,11,15H,4,7,9H2,1-2H3,(H,13,16)/b5-3-,10-6+. The molecule has 4 heteroatoms. The molecule has 0 aliphatic rings. The van der Waals surface area contributed by atoms with E-state index in [1.807, 2.05) is 32.1 Å². The average molecular weight is 225 g/mol. The lowest BCUT2D eigenvalue weighted by Gasteiger charge is -2.12. The summed E-state index contributed by atoms with van der Waals surface area (Å²) < 4.78 is 0. The zero-order chi connectivity index (χ0) is 12.4. The Labute approximate surface area is 96.0 Å². The highest BCUT2D eigenvalue weighted by atomic mass is 16.3. The van der Waals surface area contributed by atoms with Gasteiger partial charge in [-0.25, -0.2) is 0 Å². The normalized spacial score (nSPS) is 13.8. The van der Waals surface area contributed by atoms with Crippen LogP contribution in [0.5, 0.6) is 0 Å². The number of aliphatic hydroxyl groups is 1. The quantitative estimate of drug-likeness (QED) is 0.501. The van der Waals surface area contributed by atoms with Crippen LogP contribution in [0.2, 0.25) is 0 Å². The number of allylic oxidation sites excluding steroid dienone is 3. The summed E-state index contributed by atoms with van der Waals surface area (Å²) >= 11 is 0. The molecule has 0 aromatic heterocycles. The summed E-state index contributed by atoms with van der Waals surface area (Å²) in [7, 11) is 0. The molecule has 0 saturated carbocycles. The SMILES string of the molecule is C/C=C\C(=C/CC)CC(C=O)NC(=O)CO. The molecule has 1 atom stereocenters. The molecule has 0 saturated heterocycles. The molecule has 2 N–H and O–H groups in total. The number of hydrogen-bond donors (Lipinski definition) is 2. The van der Waals surface area contributed by atoms with Gasteiger partial charge in [0.25, 0.3) is 0 Å². The van der Waals surface area contributed by atoms with Crippen LogP contribution in [0.4, 0.5) is 0 Å². The van der Waals surface area contributed by atoms with Gasteiger partial charge in [-0.05, 0) is 25.3 Å². The number of rotatable bonds is 7. The van der Waals surface area contributed by atoms with E-state index in [4.69, 9.17) is 5.11 Å². The van der Waals surface area contributed by atoms with Crippen LogP contribution in [0, 0.1) is 0 Å². The van der Waals surface area contributed by atoms with Gasteiger partial charge in [0.15, 0.2) is 0 Å². The minimum atomic E-state index is -0.596. The summed E-state index contributed by atoms with van der Waals surface area (Å²) in [5.74, 6) is -0.534. The van der Waals surface area contributed by atoms with Crippen LogP contribution in [0.3, 0.4) is 0 Å². The van der Waals surface area contributed by atoms with Crippen molar-refractivity contribution in [3.63, 3.8) is 0 Å². The van der Waals surface area contributed by atoms with Crippen LogP contribution < -0.4 is 5.32 Å². The maximum absolute atomic E-state index is 10.9. The number of nitrogens with one attached hydrogen (secondary N) is 1. The fourth-order valence-corrected chi connectivity index (χ4v) is 1.34. The van der Waals surface area contributed by atoms with Crippen LogP contribution >= 0.6 is 0 Å². The molecule has 0 bridgehead atoms. The Morgan fingerprint density at radius 3 is 2.62 bits per heavy atom. The van der Waals surface area contributed by atoms with Gasteiger partial charge in [-0.1, -0.05) is 25.2 Å².